The molecule has 5 heteroatoms. The third-order valence-corrected chi connectivity index (χ3v) is 8.62. The van der Waals surface area contributed by atoms with E-state index in [0.29, 0.717) is 17.5 Å². The van der Waals surface area contributed by atoms with E-state index in [9.17, 15) is 0 Å². The molecule has 3 heterocycles. The van der Waals surface area contributed by atoms with Crippen LogP contribution in [0.5, 0.6) is 0 Å². The summed E-state index contributed by atoms with van der Waals surface area (Å²) in [7, 11) is 0. The van der Waals surface area contributed by atoms with Gasteiger partial charge in [0.1, 0.15) is 11.1 Å². The molecule has 9 aromatic rings. The molecule has 0 unspecified atom stereocenters. The van der Waals surface area contributed by atoms with E-state index in [-0.39, 0.29) is 0 Å². The minimum atomic E-state index is 0.638. The highest BCUT2D eigenvalue weighted by Gasteiger charge is 2.17. The van der Waals surface area contributed by atoms with Gasteiger partial charge in [0.05, 0.1) is 5.39 Å². The summed E-state index contributed by atoms with van der Waals surface area (Å²) in [5, 5.41) is 3.38. The van der Waals surface area contributed by atoms with E-state index in [4.69, 9.17) is 19.4 Å². The Morgan fingerprint density at radius 2 is 0.894 bits per heavy atom. The Bertz CT molecular complexity index is 2500. The highest BCUT2D eigenvalue weighted by molar-refractivity contribution is 6.15. The highest BCUT2D eigenvalue weighted by atomic mass is 16.3. The van der Waals surface area contributed by atoms with Crippen molar-refractivity contribution in [1.29, 1.82) is 0 Å². The van der Waals surface area contributed by atoms with Crippen LogP contribution in [0.25, 0.3) is 89.3 Å². The van der Waals surface area contributed by atoms with Gasteiger partial charge in [0.15, 0.2) is 23.1 Å². The van der Waals surface area contributed by atoms with Crippen molar-refractivity contribution >= 4 is 32.8 Å². The van der Waals surface area contributed by atoms with Crippen LogP contribution in [-0.2, 0) is 0 Å². The Balaban J connectivity index is 1.15. The van der Waals surface area contributed by atoms with Crippen molar-refractivity contribution in [2.75, 3.05) is 0 Å². The first-order valence-corrected chi connectivity index (χ1v) is 15.6. The SMILES string of the molecule is c1ccc(-c2nc(-c3ccccc3)nc(-c3ccc(-c4ccc(-c5cccc6oc7cccnc7c56)c5ccccc45)cc3)n2)cc1. The second-order valence-corrected chi connectivity index (χ2v) is 11.5. The molecule has 0 spiro atoms. The van der Waals surface area contributed by atoms with Crippen LogP contribution in [0, 0.1) is 0 Å². The average molecular weight is 603 g/mol. The summed E-state index contributed by atoms with van der Waals surface area (Å²) >= 11 is 0. The second-order valence-electron chi connectivity index (χ2n) is 11.5. The molecule has 0 saturated carbocycles. The summed E-state index contributed by atoms with van der Waals surface area (Å²) in [6.07, 6.45) is 1.82. The van der Waals surface area contributed by atoms with Gasteiger partial charge in [0.2, 0.25) is 0 Å². The predicted octanol–water partition coefficient (Wildman–Crippen LogP) is 10.7. The maximum atomic E-state index is 6.16. The number of furan rings is 1. The molecular formula is C42H26N4O. The second kappa shape index (κ2) is 11.2. The van der Waals surface area contributed by atoms with Crippen LogP contribution in [0.4, 0.5) is 0 Å². The number of fused-ring (bicyclic) bond motifs is 4. The smallest absolute Gasteiger partial charge is 0.164 e. The molecule has 0 radical (unpaired) electrons. The van der Waals surface area contributed by atoms with E-state index >= 15 is 0 Å². The van der Waals surface area contributed by atoms with Crippen LogP contribution in [0.15, 0.2) is 162 Å². The van der Waals surface area contributed by atoms with Crippen molar-refractivity contribution in [3.05, 3.63) is 158 Å². The summed E-state index contributed by atoms with van der Waals surface area (Å²) in [6.45, 7) is 0. The standard InChI is InChI=1S/C42H26N4O/c1-3-11-28(12-4-1)40-44-41(29-13-5-2-6-14-29)46-42(45-40)30-22-20-27(21-23-30)31-24-25-34(33-16-8-7-15-32(31)33)35-17-9-18-36-38(35)39-37(47-36)19-10-26-43-39/h1-26H. The van der Waals surface area contributed by atoms with Crippen molar-refractivity contribution in [3.63, 3.8) is 0 Å². The van der Waals surface area contributed by atoms with Crippen LogP contribution < -0.4 is 0 Å². The lowest BCUT2D eigenvalue weighted by atomic mass is 9.90. The summed E-state index contributed by atoms with van der Waals surface area (Å²) in [4.78, 5) is 19.3. The molecule has 9 rings (SSSR count). The number of hydrogen-bond donors (Lipinski definition) is 0. The van der Waals surface area contributed by atoms with Crippen molar-refractivity contribution in [3.8, 4) is 56.4 Å². The zero-order valence-electron chi connectivity index (χ0n) is 25.2. The van der Waals surface area contributed by atoms with E-state index in [1.54, 1.807) is 0 Å². The number of benzene rings is 6. The van der Waals surface area contributed by atoms with Crippen LogP contribution in [0.1, 0.15) is 0 Å². The first-order chi connectivity index (χ1) is 23.3. The van der Waals surface area contributed by atoms with E-state index in [1.807, 2.05) is 85.1 Å². The third-order valence-electron chi connectivity index (χ3n) is 8.62. The van der Waals surface area contributed by atoms with Crippen LogP contribution in [-0.4, -0.2) is 19.9 Å². The Morgan fingerprint density at radius 1 is 0.362 bits per heavy atom. The van der Waals surface area contributed by atoms with E-state index in [2.05, 4.69) is 77.8 Å². The summed E-state index contributed by atoms with van der Waals surface area (Å²) < 4.78 is 6.16. The molecule has 0 amide bonds. The minimum absolute atomic E-state index is 0.638. The van der Waals surface area contributed by atoms with E-state index in [0.717, 1.165) is 61.0 Å². The van der Waals surface area contributed by atoms with Crippen molar-refractivity contribution in [2.24, 2.45) is 0 Å². The molecule has 0 N–H and O–H groups in total. The molecule has 0 bridgehead atoms. The Hall–Kier alpha value is -6.46. The first kappa shape index (κ1) is 26.9. The number of pyridine rings is 1. The van der Waals surface area contributed by atoms with Crippen LogP contribution >= 0.6 is 0 Å². The van der Waals surface area contributed by atoms with Gasteiger partial charge < -0.3 is 4.42 Å². The fourth-order valence-corrected chi connectivity index (χ4v) is 6.39. The summed E-state index contributed by atoms with van der Waals surface area (Å²) in [5.74, 6) is 1.94. The molecule has 0 saturated heterocycles. The monoisotopic (exact) mass is 602 g/mol. The Labute approximate surface area is 270 Å². The number of rotatable bonds is 5. The van der Waals surface area contributed by atoms with Gasteiger partial charge in [-0.25, -0.2) is 15.0 Å². The largest absolute Gasteiger partial charge is 0.454 e. The number of hydrogen-bond acceptors (Lipinski definition) is 5. The lowest BCUT2D eigenvalue weighted by Gasteiger charge is -2.13. The van der Waals surface area contributed by atoms with Gasteiger partial charge in [-0.05, 0) is 51.2 Å². The van der Waals surface area contributed by atoms with E-state index < -0.39 is 0 Å². The number of nitrogens with zero attached hydrogens (tertiary/aromatic N) is 4. The summed E-state index contributed by atoms with van der Waals surface area (Å²) in [5.41, 5.74) is 9.87. The third kappa shape index (κ3) is 4.73. The van der Waals surface area contributed by atoms with Crippen molar-refractivity contribution in [1.82, 2.24) is 19.9 Å². The average Bonchev–Trinajstić information content (AvgIpc) is 3.54. The molecule has 0 aliphatic heterocycles. The molecule has 0 aliphatic rings. The van der Waals surface area contributed by atoms with Gasteiger partial charge in [0.25, 0.3) is 0 Å². The van der Waals surface area contributed by atoms with Gasteiger partial charge in [-0.2, -0.15) is 0 Å². The fraction of sp³-hybridized carbons (Fsp3) is 0. The normalized spacial score (nSPS) is 11.4. The predicted molar refractivity (Wildman–Crippen MR) is 190 cm³/mol. The molecule has 0 atom stereocenters. The molecule has 5 nitrogen and oxygen atoms in total. The fourth-order valence-electron chi connectivity index (χ4n) is 6.39. The molecule has 220 valence electrons. The zero-order valence-corrected chi connectivity index (χ0v) is 25.2. The molecule has 3 aromatic heterocycles. The molecule has 47 heavy (non-hydrogen) atoms. The molecule has 6 aromatic carbocycles. The van der Waals surface area contributed by atoms with Crippen LogP contribution in [0.2, 0.25) is 0 Å². The van der Waals surface area contributed by atoms with Gasteiger partial charge in [0, 0.05) is 22.9 Å². The van der Waals surface area contributed by atoms with Gasteiger partial charge in [-0.15, -0.1) is 0 Å². The molecule has 0 aliphatic carbocycles. The lowest BCUT2D eigenvalue weighted by molar-refractivity contribution is 0.668. The zero-order chi connectivity index (χ0) is 31.2. The first-order valence-electron chi connectivity index (χ1n) is 15.6. The summed E-state index contributed by atoms with van der Waals surface area (Å²) in [6, 6.07) is 51.7. The van der Waals surface area contributed by atoms with Crippen LogP contribution in [0.3, 0.4) is 0 Å². The maximum absolute atomic E-state index is 6.16. The Morgan fingerprint density at radius 3 is 1.55 bits per heavy atom. The van der Waals surface area contributed by atoms with Gasteiger partial charge in [-0.1, -0.05) is 133 Å². The highest BCUT2D eigenvalue weighted by Crippen LogP contribution is 2.41. The van der Waals surface area contributed by atoms with Crippen molar-refractivity contribution in [2.45, 2.75) is 0 Å². The topological polar surface area (TPSA) is 64.7 Å². The van der Waals surface area contributed by atoms with Gasteiger partial charge in [-0.3, -0.25) is 4.98 Å². The number of aromatic nitrogens is 4. The molecule has 0 fully saturated rings. The maximum Gasteiger partial charge on any atom is 0.164 e. The van der Waals surface area contributed by atoms with E-state index in [1.165, 1.54) is 10.8 Å². The molecular weight excluding hydrogens is 576 g/mol. The minimum Gasteiger partial charge on any atom is -0.454 e. The quantitative estimate of drug-likeness (QED) is 0.196. The van der Waals surface area contributed by atoms with Crippen molar-refractivity contribution < 1.29 is 4.42 Å². The Kier molecular flexibility index (Phi) is 6.39. The lowest BCUT2D eigenvalue weighted by Crippen LogP contribution is -2.00. The van der Waals surface area contributed by atoms with Gasteiger partial charge >= 0.3 is 0 Å².